The summed E-state index contributed by atoms with van der Waals surface area (Å²) in [6, 6.07) is 0. The molecule has 1 aromatic heterocycles. The van der Waals surface area contributed by atoms with Crippen LogP contribution < -0.4 is 5.32 Å². The normalized spacial score (nSPS) is 30.1. The number of ketones is 1. The standard InChI is InChI=1S/C24H32N2O6/c1-5-31-21(29)19-13(2)20(25-14(19)3)18(28)11-32-22(30)23-7-16-6-17(8-23)10-24(9-16,12-23)26-15(4)27/h16-17,25H,5-12H2,1-4H3,(H,26,27)/t16-,17-,23?,24?/m1/s1. The van der Waals surface area contributed by atoms with Crippen LogP contribution in [0, 0.1) is 31.1 Å². The van der Waals surface area contributed by atoms with Gasteiger partial charge in [0.2, 0.25) is 11.7 Å². The van der Waals surface area contributed by atoms with Gasteiger partial charge in [0, 0.05) is 18.2 Å². The van der Waals surface area contributed by atoms with Crippen LogP contribution in [0.5, 0.6) is 0 Å². The molecule has 32 heavy (non-hydrogen) atoms. The molecule has 1 amide bonds. The lowest BCUT2D eigenvalue weighted by molar-refractivity contribution is -0.174. The van der Waals surface area contributed by atoms with Crippen LogP contribution >= 0.6 is 0 Å². The molecule has 1 aromatic rings. The summed E-state index contributed by atoms with van der Waals surface area (Å²) in [5.74, 6) is -0.483. The second kappa shape index (κ2) is 8.05. The number of hydrogen-bond acceptors (Lipinski definition) is 6. The van der Waals surface area contributed by atoms with Gasteiger partial charge in [-0.2, -0.15) is 0 Å². The van der Waals surface area contributed by atoms with Crippen molar-refractivity contribution in [2.45, 2.75) is 71.8 Å². The van der Waals surface area contributed by atoms with Gasteiger partial charge in [0.15, 0.2) is 6.61 Å². The van der Waals surface area contributed by atoms with Crippen molar-refractivity contribution in [2.75, 3.05) is 13.2 Å². The largest absolute Gasteiger partial charge is 0.462 e. The fourth-order valence-electron chi connectivity index (χ4n) is 6.92. The van der Waals surface area contributed by atoms with Gasteiger partial charge in [-0.3, -0.25) is 14.4 Å². The zero-order chi connectivity index (χ0) is 23.3. The molecule has 0 saturated heterocycles. The topological polar surface area (TPSA) is 115 Å². The lowest BCUT2D eigenvalue weighted by Gasteiger charge is -2.60. The maximum atomic E-state index is 13.2. The van der Waals surface area contributed by atoms with E-state index in [2.05, 4.69) is 10.3 Å². The van der Waals surface area contributed by atoms with E-state index in [1.54, 1.807) is 20.8 Å². The third-order valence-corrected chi connectivity index (χ3v) is 7.47. The van der Waals surface area contributed by atoms with E-state index in [4.69, 9.17) is 9.47 Å². The quantitative estimate of drug-likeness (QED) is 0.494. The predicted molar refractivity (Wildman–Crippen MR) is 115 cm³/mol. The van der Waals surface area contributed by atoms with Crippen LogP contribution in [-0.2, 0) is 19.1 Å². The van der Waals surface area contributed by atoms with Crippen molar-refractivity contribution in [3.8, 4) is 0 Å². The van der Waals surface area contributed by atoms with E-state index in [0.717, 1.165) is 32.1 Å². The molecule has 1 heterocycles. The summed E-state index contributed by atoms with van der Waals surface area (Å²) in [5.41, 5.74) is 0.693. The van der Waals surface area contributed by atoms with Crippen LogP contribution in [0.4, 0.5) is 0 Å². The molecule has 2 atom stereocenters. The molecule has 4 bridgehead atoms. The summed E-state index contributed by atoms with van der Waals surface area (Å²) >= 11 is 0. The number of Topliss-reactive ketones (excluding diaryl/α,β-unsaturated/α-hetero) is 1. The second-order valence-corrected chi connectivity index (χ2v) is 10.0. The molecule has 0 unspecified atom stereocenters. The first kappa shape index (κ1) is 22.6. The molecule has 0 radical (unpaired) electrons. The number of hydrogen-bond donors (Lipinski definition) is 2. The van der Waals surface area contributed by atoms with Crippen molar-refractivity contribution in [3.05, 3.63) is 22.5 Å². The maximum Gasteiger partial charge on any atom is 0.340 e. The van der Waals surface area contributed by atoms with Gasteiger partial charge < -0.3 is 19.8 Å². The minimum absolute atomic E-state index is 0.0689. The van der Waals surface area contributed by atoms with Gasteiger partial charge in [-0.05, 0) is 76.7 Å². The molecule has 8 nitrogen and oxygen atoms in total. The Labute approximate surface area is 187 Å². The Kier molecular flexibility index (Phi) is 5.67. The first-order valence-corrected chi connectivity index (χ1v) is 11.4. The highest BCUT2D eigenvalue weighted by Crippen LogP contribution is 2.62. The first-order chi connectivity index (χ1) is 15.1. The first-order valence-electron chi connectivity index (χ1n) is 11.4. The molecule has 2 N–H and O–H groups in total. The minimum Gasteiger partial charge on any atom is -0.462 e. The zero-order valence-electron chi connectivity index (χ0n) is 19.3. The van der Waals surface area contributed by atoms with Gasteiger partial charge in [0.1, 0.15) is 0 Å². The number of aromatic amines is 1. The molecule has 4 aliphatic rings. The minimum atomic E-state index is -0.635. The van der Waals surface area contributed by atoms with Crippen LogP contribution in [0.1, 0.15) is 84.5 Å². The molecular weight excluding hydrogens is 412 g/mol. The van der Waals surface area contributed by atoms with Crippen LogP contribution in [0.2, 0.25) is 0 Å². The fourth-order valence-corrected chi connectivity index (χ4v) is 6.92. The maximum absolute atomic E-state index is 13.2. The van der Waals surface area contributed by atoms with Crippen molar-refractivity contribution >= 4 is 23.6 Å². The number of H-pyrrole nitrogens is 1. The summed E-state index contributed by atoms with van der Waals surface area (Å²) in [5, 5.41) is 3.13. The van der Waals surface area contributed by atoms with E-state index < -0.39 is 11.4 Å². The number of esters is 2. The van der Waals surface area contributed by atoms with Gasteiger partial charge in [-0.15, -0.1) is 0 Å². The van der Waals surface area contributed by atoms with Crippen LogP contribution in [0.25, 0.3) is 0 Å². The van der Waals surface area contributed by atoms with Crippen molar-refractivity contribution in [3.63, 3.8) is 0 Å². The van der Waals surface area contributed by atoms with E-state index in [9.17, 15) is 19.2 Å². The van der Waals surface area contributed by atoms with Gasteiger partial charge in [0.25, 0.3) is 0 Å². The zero-order valence-corrected chi connectivity index (χ0v) is 19.3. The Balaban J connectivity index is 1.46. The molecule has 4 aliphatic carbocycles. The Morgan fingerprint density at radius 1 is 1.06 bits per heavy atom. The SMILES string of the molecule is CCOC(=O)c1c(C)[nH]c(C(=O)COC(=O)C23C[C@H]4C[C@@H](CC(NC(C)=O)(C4)C2)C3)c1C. The van der Waals surface area contributed by atoms with Crippen LogP contribution in [0.15, 0.2) is 0 Å². The molecule has 4 saturated carbocycles. The number of aryl methyl sites for hydroxylation is 1. The number of carbonyl (C=O) groups is 4. The average Bonchev–Trinajstić information content (AvgIpc) is 2.98. The summed E-state index contributed by atoms with van der Waals surface area (Å²) in [6.07, 6.45) is 5.00. The molecule has 174 valence electrons. The number of amides is 1. The van der Waals surface area contributed by atoms with Crippen LogP contribution in [0.3, 0.4) is 0 Å². The van der Waals surface area contributed by atoms with E-state index in [1.165, 1.54) is 6.92 Å². The van der Waals surface area contributed by atoms with Gasteiger partial charge in [-0.25, -0.2) is 4.79 Å². The molecule has 5 rings (SSSR count). The van der Waals surface area contributed by atoms with Crippen molar-refractivity contribution in [1.29, 1.82) is 0 Å². The molecule has 0 spiro atoms. The number of carbonyl (C=O) groups excluding carboxylic acids is 4. The summed E-state index contributed by atoms with van der Waals surface area (Å²) < 4.78 is 10.6. The lowest BCUT2D eigenvalue weighted by atomic mass is 9.47. The summed E-state index contributed by atoms with van der Waals surface area (Å²) in [6.45, 7) is 6.49. The Bertz CT molecular complexity index is 963. The van der Waals surface area contributed by atoms with E-state index in [1.807, 2.05) is 0 Å². The Hall–Kier alpha value is -2.64. The molecule has 4 fully saturated rings. The second-order valence-electron chi connectivity index (χ2n) is 10.0. The van der Waals surface area contributed by atoms with E-state index in [0.29, 0.717) is 35.1 Å². The third kappa shape index (κ3) is 3.84. The monoisotopic (exact) mass is 444 g/mol. The molecule has 0 aliphatic heterocycles. The molecule has 8 heteroatoms. The smallest absolute Gasteiger partial charge is 0.340 e. The van der Waals surface area contributed by atoms with Gasteiger partial charge in [-0.1, -0.05) is 0 Å². The van der Waals surface area contributed by atoms with E-state index in [-0.39, 0.29) is 42.1 Å². The predicted octanol–water partition coefficient (Wildman–Crippen LogP) is 3.01. The fraction of sp³-hybridized carbons (Fsp3) is 0.667. The number of aromatic nitrogens is 1. The average molecular weight is 445 g/mol. The number of rotatable bonds is 7. The van der Waals surface area contributed by atoms with Gasteiger partial charge in [0.05, 0.1) is 23.3 Å². The molecular formula is C24H32N2O6. The number of ether oxygens (including phenoxy) is 2. The number of nitrogens with one attached hydrogen (secondary N) is 2. The third-order valence-electron chi connectivity index (χ3n) is 7.47. The summed E-state index contributed by atoms with van der Waals surface area (Å²) in [4.78, 5) is 53.0. The Morgan fingerprint density at radius 2 is 1.72 bits per heavy atom. The van der Waals surface area contributed by atoms with E-state index >= 15 is 0 Å². The van der Waals surface area contributed by atoms with Gasteiger partial charge >= 0.3 is 11.9 Å². The summed E-state index contributed by atoms with van der Waals surface area (Å²) in [7, 11) is 0. The van der Waals surface area contributed by atoms with Crippen molar-refractivity contribution in [1.82, 2.24) is 10.3 Å². The van der Waals surface area contributed by atoms with Crippen molar-refractivity contribution < 1.29 is 28.7 Å². The Morgan fingerprint density at radius 3 is 2.31 bits per heavy atom. The lowest BCUT2D eigenvalue weighted by Crippen LogP contribution is -2.64. The highest BCUT2D eigenvalue weighted by molar-refractivity contribution is 6.02. The molecule has 0 aromatic carbocycles. The highest BCUT2D eigenvalue weighted by atomic mass is 16.5. The van der Waals surface area contributed by atoms with Crippen LogP contribution in [-0.4, -0.2) is 47.4 Å². The van der Waals surface area contributed by atoms with Crippen molar-refractivity contribution in [2.24, 2.45) is 17.3 Å². The highest BCUT2D eigenvalue weighted by Gasteiger charge is 2.61.